The predicted octanol–water partition coefficient (Wildman–Crippen LogP) is 1.40. The monoisotopic (exact) mass is 256 g/mol. The van der Waals surface area contributed by atoms with Crippen LogP contribution in [-0.2, 0) is 9.84 Å². The topological polar surface area (TPSA) is 70.0 Å². The molecule has 1 N–H and O–H groups in total. The molecule has 0 saturated carbocycles. The summed E-state index contributed by atoms with van der Waals surface area (Å²) in [6.07, 6.45) is 0.961. The van der Waals surface area contributed by atoms with E-state index in [9.17, 15) is 12.8 Å². The molecule has 0 aromatic heterocycles. The highest BCUT2D eigenvalue weighted by Gasteiger charge is 2.15. The lowest BCUT2D eigenvalue weighted by atomic mass is 10.1. The average molecular weight is 256 g/mol. The Morgan fingerprint density at radius 3 is 2.65 bits per heavy atom. The molecule has 1 rings (SSSR count). The van der Waals surface area contributed by atoms with E-state index in [0.29, 0.717) is 5.56 Å². The van der Waals surface area contributed by atoms with E-state index in [4.69, 9.17) is 5.26 Å². The van der Waals surface area contributed by atoms with Crippen LogP contribution in [0.4, 0.5) is 4.39 Å². The molecule has 1 atom stereocenters. The quantitative estimate of drug-likeness (QED) is 0.827. The van der Waals surface area contributed by atoms with Gasteiger partial charge in [0.05, 0.1) is 12.6 Å². The van der Waals surface area contributed by atoms with Crippen LogP contribution in [0.2, 0.25) is 0 Å². The van der Waals surface area contributed by atoms with Crippen molar-refractivity contribution in [1.29, 1.82) is 5.26 Å². The number of hydrogen-bond acceptors (Lipinski definition) is 4. The molecular weight excluding hydrogens is 243 g/mol. The Morgan fingerprint density at radius 1 is 1.53 bits per heavy atom. The zero-order valence-corrected chi connectivity index (χ0v) is 10.4. The molecule has 0 spiro atoms. The minimum absolute atomic E-state index is 0.149. The van der Waals surface area contributed by atoms with Gasteiger partial charge in [-0.05, 0) is 24.6 Å². The molecule has 0 saturated heterocycles. The molecule has 17 heavy (non-hydrogen) atoms. The van der Waals surface area contributed by atoms with Gasteiger partial charge in [-0.15, -0.1) is 0 Å². The van der Waals surface area contributed by atoms with Crippen molar-refractivity contribution in [2.45, 2.75) is 17.9 Å². The molecule has 0 radical (unpaired) electrons. The summed E-state index contributed by atoms with van der Waals surface area (Å²) in [5.41, 5.74) is 0.602. The molecular formula is C11H13FN2O2S. The van der Waals surface area contributed by atoms with E-state index in [1.54, 1.807) is 6.92 Å². The molecule has 1 aromatic rings. The highest BCUT2D eigenvalue weighted by Crippen LogP contribution is 2.19. The van der Waals surface area contributed by atoms with Crippen LogP contribution < -0.4 is 5.32 Å². The summed E-state index contributed by atoms with van der Waals surface area (Å²) in [5.74, 6) is -0.768. The summed E-state index contributed by atoms with van der Waals surface area (Å²) in [6, 6.07) is 5.66. The third-order valence-corrected chi connectivity index (χ3v) is 3.47. The van der Waals surface area contributed by atoms with Gasteiger partial charge in [-0.25, -0.2) is 12.8 Å². The van der Waals surface area contributed by atoms with Crippen molar-refractivity contribution in [2.75, 3.05) is 12.8 Å². The lowest BCUT2D eigenvalue weighted by Gasteiger charge is -2.12. The van der Waals surface area contributed by atoms with Crippen LogP contribution in [-0.4, -0.2) is 21.2 Å². The first-order valence-corrected chi connectivity index (χ1v) is 6.85. The van der Waals surface area contributed by atoms with Crippen molar-refractivity contribution >= 4 is 9.84 Å². The van der Waals surface area contributed by atoms with Gasteiger partial charge in [0.1, 0.15) is 10.7 Å². The second kappa shape index (κ2) is 5.25. The van der Waals surface area contributed by atoms with Gasteiger partial charge in [0.25, 0.3) is 0 Å². The maximum absolute atomic E-state index is 13.6. The Morgan fingerprint density at radius 2 is 2.18 bits per heavy atom. The van der Waals surface area contributed by atoms with Crippen LogP contribution in [0.1, 0.15) is 18.5 Å². The minimum Gasteiger partial charge on any atom is -0.298 e. The van der Waals surface area contributed by atoms with E-state index in [1.807, 2.05) is 6.07 Å². The molecule has 0 unspecified atom stereocenters. The summed E-state index contributed by atoms with van der Waals surface area (Å²) in [7, 11) is -3.54. The Kier molecular flexibility index (Phi) is 4.21. The van der Waals surface area contributed by atoms with E-state index in [2.05, 4.69) is 5.32 Å². The van der Waals surface area contributed by atoms with Crippen molar-refractivity contribution in [3.8, 4) is 6.07 Å². The van der Waals surface area contributed by atoms with Gasteiger partial charge in [0, 0.05) is 12.3 Å². The fraction of sp³-hybridized carbons (Fsp3) is 0.364. The normalized spacial score (nSPS) is 13.1. The number of halogens is 1. The number of hydrogen-bond donors (Lipinski definition) is 1. The minimum atomic E-state index is -3.54. The van der Waals surface area contributed by atoms with Crippen molar-refractivity contribution in [3.63, 3.8) is 0 Å². The first-order valence-electron chi connectivity index (χ1n) is 4.96. The lowest BCUT2D eigenvalue weighted by molar-refractivity contribution is 0.561. The van der Waals surface area contributed by atoms with Crippen molar-refractivity contribution in [2.24, 2.45) is 0 Å². The molecule has 0 amide bonds. The third-order valence-electron chi connectivity index (χ3n) is 2.34. The molecule has 0 aliphatic heterocycles. The van der Waals surface area contributed by atoms with Crippen LogP contribution in [0, 0.1) is 17.1 Å². The van der Waals surface area contributed by atoms with E-state index < -0.39 is 15.7 Å². The SMILES string of the molecule is C[C@@H](NCC#N)c1ccc(S(C)(=O)=O)c(F)c1. The van der Waals surface area contributed by atoms with Crippen LogP contribution in [0.3, 0.4) is 0 Å². The summed E-state index contributed by atoms with van der Waals surface area (Å²) in [4.78, 5) is -0.311. The summed E-state index contributed by atoms with van der Waals surface area (Å²) in [6.45, 7) is 1.92. The van der Waals surface area contributed by atoms with Crippen LogP contribution in [0.15, 0.2) is 23.1 Å². The van der Waals surface area contributed by atoms with Gasteiger partial charge in [-0.3, -0.25) is 5.32 Å². The Hall–Kier alpha value is -1.45. The maximum Gasteiger partial charge on any atom is 0.178 e. The van der Waals surface area contributed by atoms with E-state index >= 15 is 0 Å². The standard InChI is InChI=1S/C11H13FN2O2S/c1-8(14-6-5-13)9-3-4-11(10(12)7-9)17(2,15)16/h3-4,7-8,14H,6H2,1-2H3/t8-/m1/s1. The Labute approximate surface area is 100.0 Å². The molecule has 0 bridgehead atoms. The smallest absolute Gasteiger partial charge is 0.178 e. The Balaban J connectivity index is 3.02. The average Bonchev–Trinajstić information content (AvgIpc) is 2.23. The number of rotatable bonds is 4. The van der Waals surface area contributed by atoms with Crippen molar-refractivity contribution in [1.82, 2.24) is 5.32 Å². The van der Waals surface area contributed by atoms with Gasteiger partial charge >= 0.3 is 0 Å². The summed E-state index contributed by atoms with van der Waals surface area (Å²) < 4.78 is 36.0. The summed E-state index contributed by atoms with van der Waals surface area (Å²) >= 11 is 0. The Bertz CT molecular complexity index is 549. The number of nitriles is 1. The highest BCUT2D eigenvalue weighted by molar-refractivity contribution is 7.90. The molecule has 0 heterocycles. The van der Waals surface area contributed by atoms with Crippen molar-refractivity contribution in [3.05, 3.63) is 29.6 Å². The fourth-order valence-electron chi connectivity index (χ4n) is 1.40. The van der Waals surface area contributed by atoms with Crippen LogP contribution in [0.25, 0.3) is 0 Å². The largest absolute Gasteiger partial charge is 0.298 e. The van der Waals surface area contributed by atoms with E-state index in [-0.39, 0.29) is 17.5 Å². The molecule has 0 fully saturated rings. The van der Waals surface area contributed by atoms with Gasteiger partial charge < -0.3 is 0 Å². The summed E-state index contributed by atoms with van der Waals surface area (Å²) in [5, 5.41) is 11.3. The zero-order valence-electron chi connectivity index (χ0n) is 9.57. The molecule has 4 nitrogen and oxygen atoms in total. The first kappa shape index (κ1) is 13.6. The van der Waals surface area contributed by atoms with Gasteiger partial charge in [0.2, 0.25) is 0 Å². The van der Waals surface area contributed by atoms with Crippen molar-refractivity contribution < 1.29 is 12.8 Å². The lowest BCUT2D eigenvalue weighted by Crippen LogP contribution is -2.19. The molecule has 1 aromatic carbocycles. The van der Waals surface area contributed by atoms with Gasteiger partial charge in [-0.2, -0.15) is 5.26 Å². The van der Waals surface area contributed by atoms with Gasteiger partial charge in [-0.1, -0.05) is 6.07 Å². The molecule has 92 valence electrons. The predicted molar refractivity (Wildman–Crippen MR) is 61.5 cm³/mol. The molecule has 6 heteroatoms. The number of nitrogens with one attached hydrogen (secondary N) is 1. The van der Waals surface area contributed by atoms with Gasteiger partial charge in [0.15, 0.2) is 9.84 Å². The zero-order chi connectivity index (χ0) is 13.1. The van der Waals surface area contributed by atoms with Crippen LogP contribution in [0.5, 0.6) is 0 Å². The number of nitrogens with zero attached hydrogens (tertiary/aromatic N) is 1. The fourth-order valence-corrected chi connectivity index (χ4v) is 2.13. The maximum atomic E-state index is 13.6. The van der Waals surface area contributed by atoms with E-state index in [1.165, 1.54) is 18.2 Å². The first-order chi connectivity index (χ1) is 7.86. The second-order valence-corrected chi connectivity index (χ2v) is 5.71. The van der Waals surface area contributed by atoms with E-state index in [0.717, 1.165) is 6.26 Å². The number of sulfone groups is 1. The number of benzene rings is 1. The molecule has 0 aliphatic rings. The highest BCUT2D eigenvalue weighted by atomic mass is 32.2. The molecule has 0 aliphatic carbocycles. The third kappa shape index (κ3) is 3.51. The van der Waals surface area contributed by atoms with Crippen LogP contribution >= 0.6 is 0 Å². The second-order valence-electron chi connectivity index (χ2n) is 3.72.